The number of nitrogens with one attached hydrogen (secondary N) is 1. The van der Waals surface area contributed by atoms with Gasteiger partial charge in [-0.2, -0.15) is 0 Å². The van der Waals surface area contributed by atoms with E-state index in [4.69, 9.17) is 0 Å². The van der Waals surface area contributed by atoms with Gasteiger partial charge in [0.05, 0.1) is 12.6 Å². The largest absolute Gasteiger partial charge is 0.389 e. The maximum atomic E-state index is 10.6. The topological polar surface area (TPSA) is 50.1 Å². The van der Waals surface area contributed by atoms with Gasteiger partial charge in [0.15, 0.2) is 0 Å². The summed E-state index contributed by atoms with van der Waals surface area (Å²) in [6.45, 7) is 0.959. The normalized spacial score (nSPS) is 12.6. The maximum Gasteiger partial charge on any atom is 0.125 e. The molecule has 2 aromatic heterocycles. The van der Waals surface area contributed by atoms with E-state index in [0.29, 0.717) is 13.1 Å². The van der Waals surface area contributed by atoms with Crippen LogP contribution >= 0.6 is 38.5 Å². The monoisotopic (exact) mass is 521 g/mol. The molecule has 2 aromatic carbocycles. The quantitative estimate of drug-likeness (QED) is 0.362. The zero-order chi connectivity index (χ0) is 18.1. The first-order valence-corrected chi connectivity index (χ1v) is 10.2. The summed E-state index contributed by atoms with van der Waals surface area (Å²) in [5.41, 5.74) is 2.26. The lowest BCUT2D eigenvalue weighted by Gasteiger charge is -2.15. The lowest BCUT2D eigenvalue weighted by molar-refractivity contribution is 0.169. The molecule has 0 amide bonds. The van der Waals surface area contributed by atoms with Crippen LogP contribution in [-0.2, 0) is 6.54 Å². The van der Waals surface area contributed by atoms with E-state index < -0.39 is 6.10 Å². The number of fused-ring (bicyclic) bond motifs is 3. The van der Waals surface area contributed by atoms with Gasteiger partial charge in [-0.05, 0) is 71.1 Å². The first kappa shape index (κ1) is 17.8. The van der Waals surface area contributed by atoms with Crippen LogP contribution in [0, 0.1) is 3.57 Å². The molecule has 6 heteroatoms. The van der Waals surface area contributed by atoms with E-state index in [9.17, 15) is 5.11 Å². The highest BCUT2D eigenvalue weighted by Crippen LogP contribution is 2.32. The van der Waals surface area contributed by atoms with Gasteiger partial charge in [0, 0.05) is 42.6 Å². The van der Waals surface area contributed by atoms with Crippen molar-refractivity contribution >= 4 is 66.1 Å². The number of aliphatic hydroxyl groups is 1. The zero-order valence-corrected chi connectivity index (χ0v) is 17.6. The number of rotatable bonds is 5. The van der Waals surface area contributed by atoms with Crippen LogP contribution in [-0.4, -0.2) is 27.3 Å². The standard InChI is InChI=1S/C20H17BrIN3O/c21-13-4-6-18-16(9-13)17-10-14(22)5-7-19(17)25(18)12-15(26)11-24-20-3-1-2-8-23-20/h1-10,15,26H,11-12H2,(H,23,24). The number of hydrogen-bond acceptors (Lipinski definition) is 3. The van der Waals surface area contributed by atoms with Gasteiger partial charge in [0.2, 0.25) is 0 Å². The number of nitrogens with zero attached hydrogens (tertiary/aromatic N) is 2. The molecule has 0 bridgehead atoms. The van der Waals surface area contributed by atoms with Crippen LogP contribution in [0.1, 0.15) is 0 Å². The molecule has 4 nitrogen and oxygen atoms in total. The molecule has 0 radical (unpaired) electrons. The molecule has 0 spiro atoms. The predicted molar refractivity (Wildman–Crippen MR) is 119 cm³/mol. The summed E-state index contributed by atoms with van der Waals surface area (Å²) in [6, 6.07) is 18.4. The van der Waals surface area contributed by atoms with Gasteiger partial charge in [0.1, 0.15) is 5.82 Å². The fraction of sp³-hybridized carbons (Fsp3) is 0.150. The van der Waals surface area contributed by atoms with Crippen LogP contribution in [0.3, 0.4) is 0 Å². The number of benzene rings is 2. The number of aliphatic hydroxyl groups excluding tert-OH is 1. The minimum absolute atomic E-state index is 0.444. The second-order valence-corrected chi connectivity index (χ2v) is 8.34. The Morgan fingerprint density at radius 2 is 1.85 bits per heavy atom. The van der Waals surface area contributed by atoms with Gasteiger partial charge in [-0.3, -0.25) is 0 Å². The fourth-order valence-electron chi connectivity index (χ4n) is 3.21. The van der Waals surface area contributed by atoms with Crippen molar-refractivity contribution in [2.24, 2.45) is 0 Å². The van der Waals surface area contributed by atoms with Crippen LogP contribution in [0.2, 0.25) is 0 Å². The molecular formula is C20H17BrIN3O. The Morgan fingerprint density at radius 1 is 1.08 bits per heavy atom. The fourth-order valence-corrected chi connectivity index (χ4v) is 4.06. The molecule has 0 saturated heterocycles. The third-order valence-electron chi connectivity index (χ3n) is 4.37. The highest BCUT2D eigenvalue weighted by atomic mass is 127. The average molecular weight is 522 g/mol. The summed E-state index contributed by atoms with van der Waals surface area (Å²) in [5.74, 6) is 0.771. The van der Waals surface area contributed by atoms with Crippen molar-refractivity contribution in [3.63, 3.8) is 0 Å². The number of pyridine rings is 1. The molecule has 0 aliphatic rings. The SMILES string of the molecule is OC(CNc1ccccn1)Cn1c2ccc(Br)cc2c2cc(I)ccc21. The van der Waals surface area contributed by atoms with Gasteiger partial charge < -0.3 is 15.0 Å². The summed E-state index contributed by atoms with van der Waals surface area (Å²) in [5, 5.41) is 16.2. The van der Waals surface area contributed by atoms with Crippen molar-refractivity contribution < 1.29 is 5.11 Å². The van der Waals surface area contributed by atoms with Gasteiger partial charge >= 0.3 is 0 Å². The second-order valence-electron chi connectivity index (χ2n) is 6.18. The van der Waals surface area contributed by atoms with E-state index in [1.807, 2.05) is 24.3 Å². The molecule has 2 N–H and O–H groups in total. The number of halogens is 2. The van der Waals surface area contributed by atoms with E-state index >= 15 is 0 Å². The molecular weight excluding hydrogens is 505 g/mol. The van der Waals surface area contributed by atoms with Gasteiger partial charge in [-0.25, -0.2) is 4.98 Å². The van der Waals surface area contributed by atoms with Crippen molar-refractivity contribution in [2.45, 2.75) is 12.6 Å². The molecule has 1 atom stereocenters. The molecule has 26 heavy (non-hydrogen) atoms. The lowest BCUT2D eigenvalue weighted by atomic mass is 10.2. The van der Waals surface area contributed by atoms with E-state index in [0.717, 1.165) is 21.3 Å². The van der Waals surface area contributed by atoms with Crippen LogP contribution < -0.4 is 5.32 Å². The Hall–Kier alpha value is -1.64. The minimum atomic E-state index is -0.529. The maximum absolute atomic E-state index is 10.6. The second kappa shape index (κ2) is 7.54. The molecule has 0 saturated carbocycles. The summed E-state index contributed by atoms with van der Waals surface area (Å²) >= 11 is 5.91. The van der Waals surface area contributed by atoms with Crippen molar-refractivity contribution in [1.82, 2.24) is 9.55 Å². The Balaban J connectivity index is 1.66. The average Bonchev–Trinajstić information content (AvgIpc) is 2.93. The van der Waals surface area contributed by atoms with Crippen molar-refractivity contribution in [3.8, 4) is 0 Å². The molecule has 0 aliphatic heterocycles. The van der Waals surface area contributed by atoms with Crippen LogP contribution in [0.15, 0.2) is 65.3 Å². The highest BCUT2D eigenvalue weighted by Gasteiger charge is 2.14. The lowest BCUT2D eigenvalue weighted by Crippen LogP contribution is -2.25. The molecule has 132 valence electrons. The van der Waals surface area contributed by atoms with Crippen molar-refractivity contribution in [1.29, 1.82) is 0 Å². The molecule has 0 aliphatic carbocycles. The number of aromatic nitrogens is 2. The van der Waals surface area contributed by atoms with Gasteiger partial charge in [-0.15, -0.1) is 0 Å². The van der Waals surface area contributed by atoms with E-state index in [-0.39, 0.29) is 0 Å². The van der Waals surface area contributed by atoms with Crippen LogP contribution in [0.5, 0.6) is 0 Å². The summed E-state index contributed by atoms with van der Waals surface area (Å²) in [4.78, 5) is 4.23. The molecule has 4 rings (SSSR count). The number of hydrogen-bond donors (Lipinski definition) is 2. The van der Waals surface area contributed by atoms with Crippen molar-refractivity contribution in [3.05, 3.63) is 68.8 Å². The highest BCUT2D eigenvalue weighted by molar-refractivity contribution is 14.1. The summed E-state index contributed by atoms with van der Waals surface area (Å²) < 4.78 is 4.45. The zero-order valence-electron chi connectivity index (χ0n) is 13.9. The smallest absolute Gasteiger partial charge is 0.125 e. The molecule has 2 heterocycles. The van der Waals surface area contributed by atoms with Gasteiger partial charge in [-0.1, -0.05) is 22.0 Å². The third-order valence-corrected chi connectivity index (χ3v) is 5.53. The number of anilines is 1. The molecule has 1 unspecified atom stereocenters. The van der Waals surface area contributed by atoms with Crippen LogP contribution in [0.4, 0.5) is 5.82 Å². The van der Waals surface area contributed by atoms with Crippen molar-refractivity contribution in [2.75, 3.05) is 11.9 Å². The molecule has 0 fully saturated rings. The Kier molecular flexibility index (Phi) is 5.15. The van der Waals surface area contributed by atoms with E-state index in [2.05, 4.69) is 83.7 Å². The van der Waals surface area contributed by atoms with Gasteiger partial charge in [0.25, 0.3) is 0 Å². The summed E-state index contributed by atoms with van der Waals surface area (Å²) in [7, 11) is 0. The summed E-state index contributed by atoms with van der Waals surface area (Å²) in [6.07, 6.45) is 1.21. The Bertz CT molecular complexity index is 1010. The van der Waals surface area contributed by atoms with E-state index in [1.165, 1.54) is 14.3 Å². The van der Waals surface area contributed by atoms with Crippen LogP contribution in [0.25, 0.3) is 21.8 Å². The first-order chi connectivity index (χ1) is 12.6. The Morgan fingerprint density at radius 3 is 2.62 bits per heavy atom. The predicted octanol–water partition coefficient (Wildman–Crippen LogP) is 5.03. The minimum Gasteiger partial charge on any atom is -0.389 e. The molecule has 4 aromatic rings. The first-order valence-electron chi connectivity index (χ1n) is 8.32. The third kappa shape index (κ3) is 3.58. The Labute approximate surface area is 173 Å². The van der Waals surface area contributed by atoms with E-state index in [1.54, 1.807) is 6.20 Å².